The predicted octanol–water partition coefficient (Wildman–Crippen LogP) is 2.20. The van der Waals surface area contributed by atoms with E-state index in [1.807, 2.05) is 0 Å². The number of carbonyl (C=O) groups excluding carboxylic acids is 1. The fourth-order valence-electron chi connectivity index (χ4n) is 2.94. The van der Waals surface area contributed by atoms with Crippen molar-refractivity contribution in [2.24, 2.45) is 5.41 Å². The maximum Gasteiger partial charge on any atom is 0.313 e. The smallest absolute Gasteiger partial charge is 0.313 e. The summed E-state index contributed by atoms with van der Waals surface area (Å²) in [6, 6.07) is 3.79. The van der Waals surface area contributed by atoms with Gasteiger partial charge >= 0.3 is 5.97 Å². The Labute approximate surface area is 143 Å². The first-order chi connectivity index (χ1) is 11.3. The molecule has 8 nitrogen and oxygen atoms in total. The van der Waals surface area contributed by atoms with Crippen molar-refractivity contribution in [1.29, 1.82) is 0 Å². The summed E-state index contributed by atoms with van der Waals surface area (Å²) in [6.07, 6.45) is 0.853. The van der Waals surface area contributed by atoms with Crippen LogP contribution >= 0.6 is 11.6 Å². The van der Waals surface area contributed by atoms with Crippen molar-refractivity contribution in [1.82, 2.24) is 4.90 Å². The molecule has 130 valence electrons. The highest BCUT2D eigenvalue weighted by Crippen LogP contribution is 2.33. The van der Waals surface area contributed by atoms with E-state index in [4.69, 9.17) is 16.3 Å². The minimum Gasteiger partial charge on any atom is -0.481 e. The average Bonchev–Trinajstić information content (AvgIpc) is 2.54. The summed E-state index contributed by atoms with van der Waals surface area (Å²) >= 11 is 5.76. The molecule has 24 heavy (non-hydrogen) atoms. The Morgan fingerprint density at radius 2 is 2.21 bits per heavy atom. The minimum absolute atomic E-state index is 0.0329. The molecule has 0 spiro atoms. The number of nitro groups is 1. The number of aliphatic carboxylic acids is 1. The number of methoxy groups -OCH3 is 1. The number of carboxylic acids is 1. The van der Waals surface area contributed by atoms with E-state index in [-0.39, 0.29) is 23.7 Å². The molecule has 1 amide bonds. The van der Waals surface area contributed by atoms with E-state index in [0.29, 0.717) is 19.4 Å². The summed E-state index contributed by atoms with van der Waals surface area (Å²) in [6.45, 7) is 0.237. The van der Waals surface area contributed by atoms with E-state index in [9.17, 15) is 24.8 Å². The highest BCUT2D eigenvalue weighted by molar-refractivity contribution is 6.31. The van der Waals surface area contributed by atoms with Crippen LogP contribution in [0.5, 0.6) is 0 Å². The zero-order chi connectivity index (χ0) is 17.9. The molecule has 0 aliphatic carbocycles. The van der Waals surface area contributed by atoms with Crippen LogP contribution in [0.1, 0.15) is 23.2 Å². The number of benzene rings is 1. The Hall–Kier alpha value is -2.19. The zero-order valence-corrected chi connectivity index (χ0v) is 13.8. The lowest BCUT2D eigenvalue weighted by Gasteiger charge is -2.39. The molecule has 2 rings (SSSR count). The summed E-state index contributed by atoms with van der Waals surface area (Å²) in [7, 11) is 1.40. The second-order valence-electron chi connectivity index (χ2n) is 5.77. The van der Waals surface area contributed by atoms with Crippen LogP contribution in [0.4, 0.5) is 5.69 Å². The van der Waals surface area contributed by atoms with E-state index >= 15 is 0 Å². The Morgan fingerprint density at radius 3 is 2.79 bits per heavy atom. The van der Waals surface area contributed by atoms with Gasteiger partial charge in [-0.15, -0.1) is 0 Å². The molecule has 1 aromatic rings. The molecule has 1 unspecified atom stereocenters. The maximum atomic E-state index is 12.7. The van der Waals surface area contributed by atoms with Gasteiger partial charge in [0, 0.05) is 31.3 Å². The van der Waals surface area contributed by atoms with Gasteiger partial charge in [0.05, 0.1) is 11.5 Å². The summed E-state index contributed by atoms with van der Waals surface area (Å²) in [5.41, 5.74) is -1.71. The van der Waals surface area contributed by atoms with Crippen LogP contribution in [-0.4, -0.2) is 53.6 Å². The van der Waals surface area contributed by atoms with Crippen molar-refractivity contribution in [2.45, 2.75) is 12.8 Å². The summed E-state index contributed by atoms with van der Waals surface area (Å²) in [4.78, 5) is 36.2. The molecular formula is C15H17ClN2O6. The molecule has 1 fully saturated rings. The number of amides is 1. The number of halogens is 1. The molecule has 0 bridgehead atoms. The van der Waals surface area contributed by atoms with Gasteiger partial charge in [0.25, 0.3) is 11.6 Å². The van der Waals surface area contributed by atoms with E-state index in [1.165, 1.54) is 24.1 Å². The lowest BCUT2D eigenvalue weighted by molar-refractivity contribution is -0.385. The van der Waals surface area contributed by atoms with Gasteiger partial charge in [0.1, 0.15) is 11.0 Å². The predicted molar refractivity (Wildman–Crippen MR) is 85.2 cm³/mol. The molecule has 0 radical (unpaired) electrons. The number of hydrogen-bond donors (Lipinski definition) is 1. The van der Waals surface area contributed by atoms with Gasteiger partial charge in [0.2, 0.25) is 0 Å². The van der Waals surface area contributed by atoms with Crippen LogP contribution in [0, 0.1) is 15.5 Å². The number of carbonyl (C=O) groups is 2. The SMILES string of the molecule is COCC1(C(=O)O)CCCN(C(=O)c2ccc(Cl)cc2[N+](=O)[O-])C1. The maximum absolute atomic E-state index is 12.7. The van der Waals surface area contributed by atoms with Crippen LogP contribution in [0.3, 0.4) is 0 Å². The Kier molecular flexibility index (Phi) is 5.40. The highest BCUT2D eigenvalue weighted by Gasteiger charge is 2.44. The molecule has 1 aromatic carbocycles. The quantitative estimate of drug-likeness (QED) is 0.639. The van der Waals surface area contributed by atoms with Crippen LogP contribution in [0.15, 0.2) is 18.2 Å². The topological polar surface area (TPSA) is 110 Å². The zero-order valence-electron chi connectivity index (χ0n) is 13.0. The first-order valence-corrected chi connectivity index (χ1v) is 7.64. The van der Waals surface area contributed by atoms with Gasteiger partial charge in [-0.2, -0.15) is 0 Å². The Balaban J connectivity index is 2.33. The van der Waals surface area contributed by atoms with E-state index in [0.717, 1.165) is 6.07 Å². The second kappa shape index (κ2) is 7.14. The van der Waals surface area contributed by atoms with Crippen LogP contribution in [0.2, 0.25) is 5.02 Å². The third-order valence-corrected chi connectivity index (χ3v) is 4.36. The third kappa shape index (κ3) is 3.49. The highest BCUT2D eigenvalue weighted by atomic mass is 35.5. The number of piperidine rings is 1. The van der Waals surface area contributed by atoms with Crippen molar-refractivity contribution in [3.05, 3.63) is 38.9 Å². The largest absolute Gasteiger partial charge is 0.481 e. The van der Waals surface area contributed by atoms with Crippen molar-refractivity contribution < 1.29 is 24.4 Å². The minimum atomic E-state index is -1.20. The standard InChI is InChI=1S/C15H17ClN2O6/c1-24-9-15(14(20)21)5-2-6-17(8-15)13(19)11-4-3-10(16)7-12(11)18(22)23/h3-4,7H,2,5-6,8-9H2,1H3,(H,20,21). The van der Waals surface area contributed by atoms with E-state index < -0.39 is 27.9 Å². The fourth-order valence-corrected chi connectivity index (χ4v) is 3.11. The molecule has 0 aromatic heterocycles. The van der Waals surface area contributed by atoms with Crippen LogP contribution < -0.4 is 0 Å². The van der Waals surface area contributed by atoms with Crippen molar-refractivity contribution in [3.8, 4) is 0 Å². The molecule has 1 aliphatic heterocycles. The van der Waals surface area contributed by atoms with Gasteiger partial charge in [0.15, 0.2) is 0 Å². The molecule has 1 heterocycles. The number of rotatable bonds is 5. The third-order valence-electron chi connectivity index (χ3n) is 4.13. The number of nitrogens with zero attached hydrogens (tertiary/aromatic N) is 2. The lowest BCUT2D eigenvalue weighted by atomic mass is 9.80. The molecular weight excluding hydrogens is 340 g/mol. The average molecular weight is 357 g/mol. The molecule has 1 atom stereocenters. The first-order valence-electron chi connectivity index (χ1n) is 7.26. The van der Waals surface area contributed by atoms with Gasteiger partial charge in [-0.25, -0.2) is 0 Å². The van der Waals surface area contributed by atoms with Crippen molar-refractivity contribution in [3.63, 3.8) is 0 Å². The number of hydrogen-bond acceptors (Lipinski definition) is 5. The summed E-state index contributed by atoms with van der Waals surface area (Å²) in [5, 5.41) is 20.8. The molecule has 1 N–H and O–H groups in total. The van der Waals surface area contributed by atoms with Crippen molar-refractivity contribution in [2.75, 3.05) is 26.8 Å². The van der Waals surface area contributed by atoms with Gasteiger partial charge < -0.3 is 14.7 Å². The number of carboxylic acid groups (broad SMARTS) is 1. The summed E-state index contributed by atoms with van der Waals surface area (Å²) in [5.74, 6) is -1.63. The fraction of sp³-hybridized carbons (Fsp3) is 0.467. The summed E-state index contributed by atoms with van der Waals surface area (Å²) < 4.78 is 5.01. The van der Waals surface area contributed by atoms with Crippen LogP contribution in [-0.2, 0) is 9.53 Å². The van der Waals surface area contributed by atoms with Crippen molar-refractivity contribution >= 4 is 29.2 Å². The number of nitro benzene ring substituents is 1. The molecule has 0 saturated carbocycles. The van der Waals surface area contributed by atoms with Gasteiger partial charge in [-0.1, -0.05) is 11.6 Å². The second-order valence-corrected chi connectivity index (χ2v) is 6.20. The van der Waals surface area contributed by atoms with Gasteiger partial charge in [-0.3, -0.25) is 19.7 Å². The first kappa shape index (κ1) is 18.2. The molecule has 1 saturated heterocycles. The van der Waals surface area contributed by atoms with E-state index in [2.05, 4.69) is 0 Å². The lowest BCUT2D eigenvalue weighted by Crippen LogP contribution is -2.52. The Morgan fingerprint density at radius 1 is 1.50 bits per heavy atom. The molecule has 1 aliphatic rings. The van der Waals surface area contributed by atoms with E-state index in [1.54, 1.807) is 0 Å². The number of ether oxygens (including phenoxy) is 1. The molecule has 9 heteroatoms. The number of likely N-dealkylation sites (tertiary alicyclic amines) is 1. The normalized spacial score (nSPS) is 20.7. The Bertz CT molecular complexity index is 676. The monoisotopic (exact) mass is 356 g/mol. The van der Waals surface area contributed by atoms with Gasteiger partial charge in [-0.05, 0) is 25.0 Å². The van der Waals surface area contributed by atoms with Crippen LogP contribution in [0.25, 0.3) is 0 Å².